The third-order valence-electron chi connectivity index (χ3n) is 3.60. The average molecular weight is 386 g/mol. The number of halogens is 2. The molecule has 0 aliphatic rings. The largest absolute Gasteiger partial charge is 0.514 e. The topological polar surface area (TPSA) is 78.4 Å². The van der Waals surface area contributed by atoms with Crippen LogP contribution < -0.4 is 4.74 Å². The van der Waals surface area contributed by atoms with Gasteiger partial charge in [-0.25, -0.2) is 13.6 Å². The van der Waals surface area contributed by atoms with Crippen LogP contribution in [0.15, 0.2) is 42.7 Å². The summed E-state index contributed by atoms with van der Waals surface area (Å²) in [6, 6.07) is 6.05. The van der Waals surface area contributed by atoms with Gasteiger partial charge in [0.25, 0.3) is 0 Å². The Balaban J connectivity index is 1.96. The van der Waals surface area contributed by atoms with Crippen LogP contribution in [-0.4, -0.2) is 27.5 Å². The number of fused-ring (bicyclic) bond motifs is 1. The molecule has 0 amide bonds. The van der Waals surface area contributed by atoms with Gasteiger partial charge < -0.3 is 9.47 Å². The summed E-state index contributed by atoms with van der Waals surface area (Å²) in [5.41, 5.74) is -0.764. The van der Waals surface area contributed by atoms with E-state index in [4.69, 9.17) is 9.47 Å². The van der Waals surface area contributed by atoms with Crippen LogP contribution in [0.5, 0.6) is 5.75 Å². The van der Waals surface area contributed by atoms with Crippen LogP contribution in [-0.2, 0) is 4.74 Å². The summed E-state index contributed by atoms with van der Waals surface area (Å²) in [4.78, 5) is 32.6. The van der Waals surface area contributed by atoms with Crippen molar-refractivity contribution >= 4 is 23.0 Å². The predicted molar refractivity (Wildman–Crippen MR) is 96.2 cm³/mol. The highest BCUT2D eigenvalue weighted by atomic mass is 19.1. The van der Waals surface area contributed by atoms with Crippen molar-refractivity contribution in [2.45, 2.75) is 26.4 Å². The second-order valence-corrected chi connectivity index (χ2v) is 6.89. The fraction of sp³-hybridized carbons (Fsp3) is 0.200. The van der Waals surface area contributed by atoms with Gasteiger partial charge in [-0.15, -0.1) is 0 Å². The summed E-state index contributed by atoms with van der Waals surface area (Å²) < 4.78 is 38.7. The molecule has 0 bridgehead atoms. The molecule has 28 heavy (non-hydrogen) atoms. The van der Waals surface area contributed by atoms with Gasteiger partial charge >= 0.3 is 6.16 Å². The summed E-state index contributed by atoms with van der Waals surface area (Å²) in [5.74, 6) is -3.91. The van der Waals surface area contributed by atoms with Crippen molar-refractivity contribution in [1.82, 2.24) is 9.97 Å². The lowest BCUT2D eigenvalue weighted by Crippen LogP contribution is -2.26. The molecule has 1 aromatic heterocycles. The Hall–Kier alpha value is -3.42. The Morgan fingerprint density at radius 3 is 2.32 bits per heavy atom. The Labute approximate surface area is 159 Å². The number of ether oxygens (including phenoxy) is 2. The van der Waals surface area contributed by atoms with Crippen molar-refractivity contribution < 1.29 is 27.8 Å². The molecule has 3 aromatic rings. The van der Waals surface area contributed by atoms with E-state index in [-0.39, 0.29) is 5.56 Å². The molecule has 0 aliphatic carbocycles. The minimum atomic E-state index is -1.30. The van der Waals surface area contributed by atoms with E-state index in [0.717, 1.165) is 12.1 Å². The molecule has 0 fully saturated rings. The lowest BCUT2D eigenvalue weighted by molar-refractivity contribution is 0.0197. The fourth-order valence-corrected chi connectivity index (χ4v) is 2.43. The van der Waals surface area contributed by atoms with Crippen LogP contribution in [0.4, 0.5) is 13.6 Å². The van der Waals surface area contributed by atoms with Crippen molar-refractivity contribution in [2.24, 2.45) is 0 Å². The standard InChI is InChI=1S/C20H16F2N2O4/c1-20(2,3)28-19(26)27-15-7-5-12(21)16(17(15)22)18(25)11-4-6-13-14(10-11)24-9-8-23-13/h4-10H,1-3H3. The van der Waals surface area contributed by atoms with Gasteiger partial charge in [-0.1, -0.05) is 0 Å². The van der Waals surface area contributed by atoms with Gasteiger partial charge in [0, 0.05) is 18.0 Å². The molecule has 0 saturated carbocycles. The molecule has 0 unspecified atom stereocenters. The van der Waals surface area contributed by atoms with Crippen LogP contribution in [0.2, 0.25) is 0 Å². The highest BCUT2D eigenvalue weighted by Crippen LogP contribution is 2.27. The quantitative estimate of drug-likeness (QED) is 0.376. The molecule has 0 spiro atoms. The Morgan fingerprint density at radius 1 is 0.964 bits per heavy atom. The highest BCUT2D eigenvalue weighted by Gasteiger charge is 2.26. The monoisotopic (exact) mass is 386 g/mol. The second kappa shape index (κ2) is 7.30. The van der Waals surface area contributed by atoms with Crippen LogP contribution in [0, 0.1) is 11.6 Å². The number of hydrogen-bond acceptors (Lipinski definition) is 6. The summed E-state index contributed by atoms with van der Waals surface area (Å²) >= 11 is 0. The highest BCUT2D eigenvalue weighted by molar-refractivity contribution is 6.10. The Bertz CT molecular complexity index is 1080. The molecule has 1 heterocycles. The van der Waals surface area contributed by atoms with E-state index >= 15 is 0 Å². The molecule has 6 nitrogen and oxygen atoms in total. The van der Waals surface area contributed by atoms with Crippen molar-refractivity contribution in [3.05, 3.63) is 65.5 Å². The Morgan fingerprint density at radius 2 is 1.64 bits per heavy atom. The maximum Gasteiger partial charge on any atom is 0.514 e. The van der Waals surface area contributed by atoms with E-state index in [0.29, 0.717) is 11.0 Å². The van der Waals surface area contributed by atoms with Gasteiger partial charge in [0.05, 0.1) is 16.6 Å². The first kappa shape index (κ1) is 19.3. The first-order valence-corrected chi connectivity index (χ1v) is 8.30. The van der Waals surface area contributed by atoms with Gasteiger partial charge in [-0.2, -0.15) is 0 Å². The van der Waals surface area contributed by atoms with E-state index in [1.807, 2.05) is 0 Å². The predicted octanol–water partition coefficient (Wildman–Crippen LogP) is 4.45. The molecule has 0 radical (unpaired) electrons. The number of carbonyl (C=O) groups is 2. The number of aromatic nitrogens is 2. The minimum Gasteiger partial charge on any atom is -0.428 e. The van der Waals surface area contributed by atoms with E-state index < -0.39 is 40.5 Å². The zero-order valence-corrected chi connectivity index (χ0v) is 15.3. The number of hydrogen-bond donors (Lipinski definition) is 0. The molecule has 0 N–H and O–H groups in total. The molecule has 0 atom stereocenters. The maximum atomic E-state index is 14.8. The van der Waals surface area contributed by atoms with E-state index in [1.54, 1.807) is 20.8 Å². The van der Waals surface area contributed by atoms with Crippen LogP contribution >= 0.6 is 0 Å². The van der Waals surface area contributed by atoms with Crippen molar-refractivity contribution in [1.29, 1.82) is 0 Å². The maximum absolute atomic E-state index is 14.8. The summed E-state index contributed by atoms with van der Waals surface area (Å²) in [7, 11) is 0. The lowest BCUT2D eigenvalue weighted by atomic mass is 10.0. The van der Waals surface area contributed by atoms with Gasteiger partial charge in [0.2, 0.25) is 0 Å². The normalized spacial score (nSPS) is 11.3. The summed E-state index contributed by atoms with van der Waals surface area (Å²) in [6.07, 6.45) is 1.76. The van der Waals surface area contributed by atoms with Crippen LogP contribution in [0.3, 0.4) is 0 Å². The van der Waals surface area contributed by atoms with Gasteiger partial charge in [0.1, 0.15) is 11.4 Å². The molecule has 0 aliphatic heterocycles. The molecular weight excluding hydrogens is 370 g/mol. The van der Waals surface area contributed by atoms with Crippen molar-refractivity contribution in [3.63, 3.8) is 0 Å². The van der Waals surface area contributed by atoms with Crippen molar-refractivity contribution in [2.75, 3.05) is 0 Å². The lowest BCUT2D eigenvalue weighted by Gasteiger charge is -2.19. The third-order valence-corrected chi connectivity index (χ3v) is 3.60. The molecule has 8 heteroatoms. The Kier molecular flexibility index (Phi) is 5.04. The van der Waals surface area contributed by atoms with Crippen LogP contribution in [0.1, 0.15) is 36.7 Å². The van der Waals surface area contributed by atoms with Crippen molar-refractivity contribution in [3.8, 4) is 5.75 Å². The SMILES string of the molecule is CC(C)(C)OC(=O)Oc1ccc(F)c(C(=O)c2ccc3nccnc3c2)c1F. The van der Waals surface area contributed by atoms with Gasteiger partial charge in [-0.05, 0) is 51.1 Å². The summed E-state index contributed by atoms with van der Waals surface area (Å²) in [6.45, 7) is 4.81. The number of rotatable bonds is 3. The van der Waals surface area contributed by atoms with E-state index in [9.17, 15) is 18.4 Å². The summed E-state index contributed by atoms with van der Waals surface area (Å²) in [5, 5.41) is 0. The fourth-order valence-electron chi connectivity index (χ4n) is 2.43. The third kappa shape index (κ3) is 4.11. The van der Waals surface area contributed by atoms with Gasteiger partial charge in [-0.3, -0.25) is 14.8 Å². The first-order chi connectivity index (χ1) is 13.2. The zero-order chi connectivity index (χ0) is 20.5. The second-order valence-electron chi connectivity index (χ2n) is 6.89. The number of benzene rings is 2. The first-order valence-electron chi connectivity index (χ1n) is 8.30. The molecule has 3 rings (SSSR count). The van der Waals surface area contributed by atoms with E-state index in [1.165, 1.54) is 30.6 Å². The number of ketones is 1. The number of carbonyl (C=O) groups excluding carboxylic acids is 2. The zero-order valence-electron chi connectivity index (χ0n) is 15.3. The molecule has 0 saturated heterocycles. The van der Waals surface area contributed by atoms with Crippen LogP contribution in [0.25, 0.3) is 11.0 Å². The van der Waals surface area contributed by atoms with Gasteiger partial charge in [0.15, 0.2) is 17.3 Å². The molecule has 2 aromatic carbocycles. The average Bonchev–Trinajstić information content (AvgIpc) is 2.62. The number of nitrogens with zero attached hydrogens (tertiary/aromatic N) is 2. The minimum absolute atomic E-state index is 0.0141. The molecular formula is C20H16F2N2O4. The molecule has 144 valence electrons. The smallest absolute Gasteiger partial charge is 0.428 e. The van der Waals surface area contributed by atoms with E-state index in [2.05, 4.69) is 9.97 Å².